The van der Waals surface area contributed by atoms with Gasteiger partial charge in [-0.05, 0) is 36.1 Å². The fraction of sp³-hybridized carbons (Fsp3) is 0.333. The highest BCUT2D eigenvalue weighted by Gasteiger charge is 2.31. The van der Waals surface area contributed by atoms with Gasteiger partial charge in [-0.15, -0.1) is 11.3 Å². The fourth-order valence-corrected chi connectivity index (χ4v) is 2.62. The molecule has 0 fully saturated rings. The molecule has 2 N–H and O–H groups in total. The predicted molar refractivity (Wildman–Crippen MR) is 77.0 cm³/mol. The van der Waals surface area contributed by atoms with E-state index in [1.54, 1.807) is 18.3 Å². The third-order valence-electron chi connectivity index (χ3n) is 3.40. The van der Waals surface area contributed by atoms with Crippen LogP contribution in [0.25, 0.3) is 0 Å². The number of hydrogen-bond acceptors (Lipinski definition) is 3. The topological polar surface area (TPSA) is 32.3 Å². The maximum absolute atomic E-state index is 12.6. The summed E-state index contributed by atoms with van der Waals surface area (Å²) in [6, 6.07) is 8.77. The van der Waals surface area contributed by atoms with Gasteiger partial charge in [-0.25, -0.2) is 0 Å². The summed E-state index contributed by atoms with van der Waals surface area (Å²) >= 11 is 1.58. The third-order valence-corrected chi connectivity index (χ3v) is 4.27. The number of nitrogens with one attached hydrogen (secondary N) is 1. The van der Waals surface area contributed by atoms with Crippen LogP contribution in [0.2, 0.25) is 0 Å². The molecule has 0 aliphatic carbocycles. The Hall–Kier alpha value is -1.37. The third kappa shape index (κ3) is 3.84. The van der Waals surface area contributed by atoms with Gasteiger partial charge in [0.15, 0.2) is 0 Å². The summed E-state index contributed by atoms with van der Waals surface area (Å²) in [5, 5.41) is 14.8. The van der Waals surface area contributed by atoms with Gasteiger partial charge in [-0.3, -0.25) is 0 Å². The maximum Gasteiger partial charge on any atom is 0.416 e. The highest BCUT2D eigenvalue weighted by molar-refractivity contribution is 7.09. The Morgan fingerprint density at radius 1 is 1.10 bits per heavy atom. The van der Waals surface area contributed by atoms with E-state index in [2.05, 4.69) is 5.32 Å². The Kier molecular flexibility index (Phi) is 4.70. The molecule has 1 heterocycles. The van der Waals surface area contributed by atoms with Gasteiger partial charge in [0, 0.05) is 11.4 Å². The molecule has 2 rings (SSSR count). The van der Waals surface area contributed by atoms with Crippen molar-refractivity contribution in [1.82, 2.24) is 5.32 Å². The van der Waals surface area contributed by atoms with Crippen molar-refractivity contribution >= 4 is 11.3 Å². The van der Waals surface area contributed by atoms with Gasteiger partial charge >= 0.3 is 6.18 Å². The van der Waals surface area contributed by atoms with Gasteiger partial charge in [0.1, 0.15) is 0 Å². The number of aliphatic hydroxyl groups excluding tert-OH is 1. The number of hydrogen-bond donors (Lipinski definition) is 2. The quantitative estimate of drug-likeness (QED) is 0.880. The SMILES string of the molecule is CC(CO)(NCc1cccs1)c1ccc(C(F)(F)F)cc1. The number of thiophene rings is 1. The lowest BCUT2D eigenvalue weighted by molar-refractivity contribution is -0.137. The minimum absolute atomic E-state index is 0.205. The highest BCUT2D eigenvalue weighted by Crippen LogP contribution is 2.31. The lowest BCUT2D eigenvalue weighted by atomic mass is 9.92. The summed E-state index contributed by atoms with van der Waals surface area (Å²) in [5.74, 6) is 0. The maximum atomic E-state index is 12.6. The predicted octanol–water partition coefficient (Wildman–Crippen LogP) is 3.76. The zero-order valence-electron chi connectivity index (χ0n) is 11.4. The summed E-state index contributed by atoms with van der Waals surface area (Å²) in [7, 11) is 0. The summed E-state index contributed by atoms with van der Waals surface area (Å²) in [5.41, 5.74) is -0.854. The van der Waals surface area contributed by atoms with Gasteiger partial charge in [0.05, 0.1) is 17.7 Å². The van der Waals surface area contributed by atoms with Crippen LogP contribution in [-0.2, 0) is 18.3 Å². The zero-order chi connectivity index (χ0) is 15.5. The van der Waals surface area contributed by atoms with Gasteiger partial charge in [-0.1, -0.05) is 18.2 Å². The van der Waals surface area contributed by atoms with E-state index >= 15 is 0 Å². The van der Waals surface area contributed by atoms with Crippen molar-refractivity contribution in [2.45, 2.75) is 25.2 Å². The van der Waals surface area contributed by atoms with E-state index in [0.29, 0.717) is 12.1 Å². The second-order valence-electron chi connectivity index (χ2n) is 5.00. The molecule has 2 aromatic rings. The molecular weight excluding hydrogens is 299 g/mol. The van der Waals surface area contributed by atoms with E-state index in [1.165, 1.54) is 12.1 Å². The number of halogens is 3. The van der Waals surface area contributed by atoms with Crippen molar-refractivity contribution in [3.8, 4) is 0 Å². The van der Waals surface area contributed by atoms with Crippen molar-refractivity contribution in [2.75, 3.05) is 6.61 Å². The molecule has 1 aromatic heterocycles. The molecule has 0 aliphatic heterocycles. The first-order valence-electron chi connectivity index (χ1n) is 6.41. The van der Waals surface area contributed by atoms with Crippen LogP contribution in [0.3, 0.4) is 0 Å². The Bertz CT molecular complexity index is 566. The van der Waals surface area contributed by atoms with E-state index in [1.807, 2.05) is 17.5 Å². The van der Waals surface area contributed by atoms with E-state index in [-0.39, 0.29) is 6.61 Å². The Labute approximate surface area is 125 Å². The van der Waals surface area contributed by atoms with Gasteiger partial charge in [-0.2, -0.15) is 13.2 Å². The molecular formula is C15H16F3NOS. The van der Waals surface area contributed by atoms with Crippen LogP contribution in [0.5, 0.6) is 0 Å². The number of benzene rings is 1. The average molecular weight is 315 g/mol. The average Bonchev–Trinajstić information content (AvgIpc) is 2.97. The minimum Gasteiger partial charge on any atom is -0.394 e. The molecule has 0 aliphatic rings. The summed E-state index contributed by atoms with van der Waals surface area (Å²) < 4.78 is 37.7. The lowest BCUT2D eigenvalue weighted by Crippen LogP contribution is -2.42. The number of alkyl halides is 3. The second kappa shape index (κ2) is 6.17. The van der Waals surface area contributed by atoms with Gasteiger partial charge in [0.2, 0.25) is 0 Å². The molecule has 1 atom stereocenters. The summed E-state index contributed by atoms with van der Waals surface area (Å²) in [6.45, 7) is 2.11. The van der Waals surface area contributed by atoms with Crippen molar-refractivity contribution in [1.29, 1.82) is 0 Å². The van der Waals surface area contributed by atoms with Crippen molar-refractivity contribution < 1.29 is 18.3 Å². The fourth-order valence-electron chi connectivity index (χ4n) is 1.97. The lowest BCUT2D eigenvalue weighted by Gasteiger charge is -2.29. The Morgan fingerprint density at radius 2 is 1.71 bits per heavy atom. The molecule has 0 bridgehead atoms. The molecule has 2 nitrogen and oxygen atoms in total. The standard InChI is InChI=1S/C15H16F3NOS/c1-14(10-20,19-9-13-3-2-8-21-13)11-4-6-12(7-5-11)15(16,17)18/h2-8,19-20H,9-10H2,1H3. The molecule has 114 valence electrons. The smallest absolute Gasteiger partial charge is 0.394 e. The molecule has 0 saturated carbocycles. The van der Waals surface area contributed by atoms with Crippen LogP contribution in [0, 0.1) is 0 Å². The second-order valence-corrected chi connectivity index (χ2v) is 6.03. The summed E-state index contributed by atoms with van der Waals surface area (Å²) in [4.78, 5) is 1.10. The van der Waals surface area contributed by atoms with Crippen LogP contribution in [0.4, 0.5) is 13.2 Å². The largest absolute Gasteiger partial charge is 0.416 e. The molecule has 0 amide bonds. The van der Waals surface area contributed by atoms with E-state index in [4.69, 9.17) is 0 Å². The molecule has 1 unspecified atom stereocenters. The molecule has 0 saturated heterocycles. The van der Waals surface area contributed by atoms with Crippen molar-refractivity contribution in [2.24, 2.45) is 0 Å². The molecule has 21 heavy (non-hydrogen) atoms. The Balaban J connectivity index is 2.15. The van der Waals surface area contributed by atoms with Gasteiger partial charge < -0.3 is 10.4 Å². The van der Waals surface area contributed by atoms with Gasteiger partial charge in [0.25, 0.3) is 0 Å². The first-order chi connectivity index (χ1) is 9.85. The van der Waals surface area contributed by atoms with Crippen LogP contribution in [0.1, 0.15) is 22.9 Å². The van der Waals surface area contributed by atoms with E-state index in [0.717, 1.165) is 17.0 Å². The van der Waals surface area contributed by atoms with E-state index < -0.39 is 17.3 Å². The molecule has 0 spiro atoms. The minimum atomic E-state index is -4.35. The molecule has 0 radical (unpaired) electrons. The van der Waals surface area contributed by atoms with Crippen LogP contribution >= 0.6 is 11.3 Å². The van der Waals surface area contributed by atoms with Crippen LogP contribution in [-0.4, -0.2) is 11.7 Å². The normalized spacial score (nSPS) is 14.9. The van der Waals surface area contributed by atoms with E-state index in [9.17, 15) is 18.3 Å². The van der Waals surface area contributed by atoms with Crippen LogP contribution < -0.4 is 5.32 Å². The first kappa shape index (κ1) is 16.0. The molecule has 1 aromatic carbocycles. The highest BCUT2D eigenvalue weighted by atomic mass is 32.1. The number of rotatable bonds is 5. The number of aliphatic hydroxyl groups is 1. The molecule has 6 heteroatoms. The van der Waals surface area contributed by atoms with Crippen LogP contribution in [0.15, 0.2) is 41.8 Å². The Morgan fingerprint density at radius 3 is 2.19 bits per heavy atom. The monoisotopic (exact) mass is 315 g/mol. The van der Waals surface area contributed by atoms with Crippen molar-refractivity contribution in [3.05, 3.63) is 57.8 Å². The summed E-state index contributed by atoms with van der Waals surface area (Å²) in [6.07, 6.45) is -4.35. The van der Waals surface area contributed by atoms with Crippen molar-refractivity contribution in [3.63, 3.8) is 0 Å². The zero-order valence-corrected chi connectivity index (χ0v) is 12.3. The first-order valence-corrected chi connectivity index (χ1v) is 7.29.